The zero-order valence-electron chi connectivity index (χ0n) is 19.3. The van der Waals surface area contributed by atoms with Gasteiger partial charge in [0.05, 0.1) is 12.6 Å². The predicted molar refractivity (Wildman–Crippen MR) is 137 cm³/mol. The zero-order valence-corrected chi connectivity index (χ0v) is 21.6. The minimum Gasteiger partial charge on any atom is -0.487 e. The molecule has 2 heterocycles. The summed E-state index contributed by atoms with van der Waals surface area (Å²) in [5.74, 6) is 1.94. The number of nitrogens with one attached hydrogen (secondary N) is 2. The standard InChI is InChI=1S/C24H38N4O2.HI/c1-4-25-22(26-18-23(28(2)3)13-15-29-16-14-23)27-20-17-24(11-7-8-12-24)30-21-10-6-5-9-19(20)21;/h5-6,9-10,20H,4,7-8,11-18H2,1-3H3,(H2,25,26,27);1H. The first-order chi connectivity index (χ1) is 14.6. The fraction of sp³-hybridized carbons (Fsp3) is 0.708. The summed E-state index contributed by atoms with van der Waals surface area (Å²) in [6.45, 7) is 5.37. The van der Waals surface area contributed by atoms with E-state index in [2.05, 4.69) is 60.8 Å². The average molecular weight is 543 g/mol. The minimum absolute atomic E-state index is 0. The summed E-state index contributed by atoms with van der Waals surface area (Å²) in [5.41, 5.74) is 1.30. The molecular formula is C24H39IN4O2. The molecule has 2 aliphatic heterocycles. The summed E-state index contributed by atoms with van der Waals surface area (Å²) < 4.78 is 12.2. The van der Waals surface area contributed by atoms with E-state index in [1.165, 1.54) is 18.4 Å². The highest BCUT2D eigenvalue weighted by Crippen LogP contribution is 2.47. The van der Waals surface area contributed by atoms with Crippen LogP contribution in [0.1, 0.15) is 63.5 Å². The third-order valence-corrected chi connectivity index (χ3v) is 7.27. The van der Waals surface area contributed by atoms with Crippen LogP contribution in [0.5, 0.6) is 5.75 Å². The van der Waals surface area contributed by atoms with Gasteiger partial charge < -0.3 is 25.0 Å². The monoisotopic (exact) mass is 542 g/mol. The average Bonchev–Trinajstić information content (AvgIpc) is 3.20. The number of aliphatic imine (C=N–C) groups is 1. The second kappa shape index (κ2) is 10.7. The Labute approximate surface area is 204 Å². The molecule has 1 aromatic rings. The van der Waals surface area contributed by atoms with Crippen LogP contribution in [0.4, 0.5) is 0 Å². The Morgan fingerprint density at radius 2 is 1.84 bits per heavy atom. The van der Waals surface area contributed by atoms with E-state index in [-0.39, 0.29) is 41.2 Å². The lowest BCUT2D eigenvalue weighted by Gasteiger charge is -2.42. The topological polar surface area (TPSA) is 58.1 Å². The molecule has 6 nitrogen and oxygen atoms in total. The van der Waals surface area contributed by atoms with Gasteiger partial charge in [0.1, 0.15) is 11.4 Å². The van der Waals surface area contributed by atoms with E-state index in [1.54, 1.807) is 0 Å². The van der Waals surface area contributed by atoms with Crippen molar-refractivity contribution >= 4 is 29.9 Å². The first-order valence-corrected chi connectivity index (χ1v) is 11.6. The third kappa shape index (κ3) is 5.47. The summed E-state index contributed by atoms with van der Waals surface area (Å²) in [7, 11) is 4.33. The van der Waals surface area contributed by atoms with Crippen molar-refractivity contribution in [3.63, 3.8) is 0 Å². The molecular weight excluding hydrogens is 503 g/mol. The van der Waals surface area contributed by atoms with E-state index in [9.17, 15) is 0 Å². The lowest BCUT2D eigenvalue weighted by Crippen LogP contribution is -2.52. The summed E-state index contributed by atoms with van der Waals surface area (Å²) in [6, 6.07) is 8.72. The van der Waals surface area contributed by atoms with Gasteiger partial charge in [-0.15, -0.1) is 24.0 Å². The van der Waals surface area contributed by atoms with Gasteiger partial charge in [0.15, 0.2) is 5.96 Å². The summed E-state index contributed by atoms with van der Waals surface area (Å²) in [5, 5.41) is 7.25. The fourth-order valence-electron chi connectivity index (χ4n) is 5.28. The highest BCUT2D eigenvalue weighted by Gasteiger charge is 2.43. The number of fused-ring (bicyclic) bond motifs is 1. The fourth-order valence-corrected chi connectivity index (χ4v) is 5.28. The first-order valence-electron chi connectivity index (χ1n) is 11.6. The quantitative estimate of drug-likeness (QED) is 0.334. The molecule has 0 aromatic heterocycles. The van der Waals surface area contributed by atoms with E-state index >= 15 is 0 Å². The van der Waals surface area contributed by atoms with Gasteiger partial charge in [0.25, 0.3) is 0 Å². The Balaban J connectivity index is 0.00000272. The lowest BCUT2D eigenvalue weighted by atomic mass is 9.86. The van der Waals surface area contributed by atoms with Crippen LogP contribution in [0.15, 0.2) is 29.3 Å². The molecule has 0 radical (unpaired) electrons. The highest BCUT2D eigenvalue weighted by atomic mass is 127. The van der Waals surface area contributed by atoms with Crippen LogP contribution in [0.3, 0.4) is 0 Å². The number of para-hydroxylation sites is 1. The van der Waals surface area contributed by atoms with Crippen molar-refractivity contribution in [1.29, 1.82) is 0 Å². The van der Waals surface area contributed by atoms with Gasteiger partial charge in [0, 0.05) is 37.3 Å². The van der Waals surface area contributed by atoms with Crippen LogP contribution in [-0.2, 0) is 4.74 Å². The van der Waals surface area contributed by atoms with Gasteiger partial charge in [-0.2, -0.15) is 0 Å². The van der Waals surface area contributed by atoms with E-state index in [0.717, 1.165) is 70.1 Å². The van der Waals surface area contributed by atoms with E-state index in [1.807, 2.05) is 0 Å². The third-order valence-electron chi connectivity index (χ3n) is 7.27. The predicted octanol–water partition coefficient (Wildman–Crippen LogP) is 4.11. The molecule has 3 aliphatic rings. The van der Waals surface area contributed by atoms with Crippen LogP contribution >= 0.6 is 24.0 Å². The zero-order chi connectivity index (χ0) is 21.0. The minimum atomic E-state index is -0.0189. The van der Waals surface area contributed by atoms with Crippen molar-refractivity contribution in [3.05, 3.63) is 29.8 Å². The molecule has 1 atom stereocenters. The normalized spacial score (nSPS) is 24.3. The SMILES string of the molecule is CCNC(=NCC1(N(C)C)CCOCC1)NC1CC2(CCCC2)Oc2ccccc21.I. The smallest absolute Gasteiger partial charge is 0.191 e. The van der Waals surface area contributed by atoms with Crippen molar-refractivity contribution in [3.8, 4) is 5.75 Å². The number of halogens is 1. The van der Waals surface area contributed by atoms with Gasteiger partial charge >= 0.3 is 0 Å². The van der Waals surface area contributed by atoms with Crippen molar-refractivity contribution < 1.29 is 9.47 Å². The van der Waals surface area contributed by atoms with Crippen molar-refractivity contribution in [2.45, 2.75) is 69.1 Å². The van der Waals surface area contributed by atoms with Crippen LogP contribution < -0.4 is 15.4 Å². The second-order valence-corrected chi connectivity index (χ2v) is 9.36. The van der Waals surface area contributed by atoms with Gasteiger partial charge in [-0.3, -0.25) is 4.99 Å². The molecule has 2 fully saturated rings. The van der Waals surface area contributed by atoms with Crippen LogP contribution in [0, 0.1) is 0 Å². The lowest BCUT2D eigenvalue weighted by molar-refractivity contribution is -0.00259. The molecule has 1 spiro atoms. The second-order valence-electron chi connectivity index (χ2n) is 9.36. The Hall–Kier alpha value is -1.06. The number of hydrogen-bond acceptors (Lipinski definition) is 4. The van der Waals surface area contributed by atoms with Crippen LogP contribution in [0.2, 0.25) is 0 Å². The maximum atomic E-state index is 6.53. The maximum absolute atomic E-state index is 6.53. The van der Waals surface area contributed by atoms with Crippen molar-refractivity contribution in [1.82, 2.24) is 15.5 Å². The number of nitrogens with zero attached hydrogens (tertiary/aromatic N) is 2. The Kier molecular flexibility index (Phi) is 8.49. The van der Waals surface area contributed by atoms with E-state index < -0.39 is 0 Å². The molecule has 0 amide bonds. The Morgan fingerprint density at radius 3 is 2.52 bits per heavy atom. The molecule has 4 rings (SSSR count). The molecule has 0 bridgehead atoms. The van der Waals surface area contributed by atoms with E-state index in [4.69, 9.17) is 14.5 Å². The van der Waals surface area contributed by atoms with Gasteiger partial charge in [-0.1, -0.05) is 18.2 Å². The molecule has 31 heavy (non-hydrogen) atoms. The van der Waals surface area contributed by atoms with Crippen LogP contribution in [0.25, 0.3) is 0 Å². The Bertz CT molecular complexity index is 743. The Morgan fingerprint density at radius 1 is 1.13 bits per heavy atom. The number of likely N-dealkylation sites (N-methyl/N-ethyl adjacent to an activating group) is 1. The van der Waals surface area contributed by atoms with Gasteiger partial charge in [-0.25, -0.2) is 0 Å². The van der Waals surface area contributed by atoms with Crippen molar-refractivity contribution in [2.75, 3.05) is 40.4 Å². The molecule has 1 aromatic carbocycles. The van der Waals surface area contributed by atoms with Crippen LogP contribution in [-0.4, -0.2) is 62.4 Å². The number of ether oxygens (including phenoxy) is 2. The van der Waals surface area contributed by atoms with Crippen molar-refractivity contribution in [2.24, 2.45) is 4.99 Å². The maximum Gasteiger partial charge on any atom is 0.191 e. The first kappa shape index (κ1) is 24.6. The molecule has 1 aliphatic carbocycles. The molecule has 1 unspecified atom stereocenters. The number of hydrogen-bond donors (Lipinski definition) is 2. The molecule has 2 N–H and O–H groups in total. The number of guanidine groups is 1. The highest BCUT2D eigenvalue weighted by molar-refractivity contribution is 14.0. The number of rotatable bonds is 5. The van der Waals surface area contributed by atoms with E-state index in [0.29, 0.717) is 0 Å². The largest absolute Gasteiger partial charge is 0.487 e. The molecule has 1 saturated heterocycles. The summed E-state index contributed by atoms with van der Waals surface area (Å²) in [6.07, 6.45) is 7.86. The van der Waals surface area contributed by atoms with Gasteiger partial charge in [0.2, 0.25) is 0 Å². The van der Waals surface area contributed by atoms with Gasteiger partial charge in [-0.05, 0) is 65.6 Å². The number of benzene rings is 1. The molecule has 1 saturated carbocycles. The molecule has 7 heteroatoms. The molecule has 174 valence electrons. The summed E-state index contributed by atoms with van der Waals surface area (Å²) in [4.78, 5) is 7.40. The summed E-state index contributed by atoms with van der Waals surface area (Å²) >= 11 is 0.